The molecule has 2 heterocycles. The topological polar surface area (TPSA) is 33.5 Å². The Morgan fingerprint density at radius 3 is 2.44 bits per heavy atom. The maximum Gasteiger partial charge on any atom is 0.255 e. The van der Waals surface area contributed by atoms with E-state index < -0.39 is 0 Å². The van der Waals surface area contributed by atoms with Crippen LogP contribution in [-0.2, 0) is 4.79 Å². The third-order valence-electron chi connectivity index (χ3n) is 4.92. The van der Waals surface area contributed by atoms with Crippen molar-refractivity contribution < 1.29 is 9.21 Å². The molecular formula is C25H14Cl3NO2S. The van der Waals surface area contributed by atoms with Crippen LogP contribution >= 0.6 is 46.6 Å². The van der Waals surface area contributed by atoms with Crippen LogP contribution in [0.15, 0.2) is 93.1 Å². The molecule has 5 rings (SSSR count). The summed E-state index contributed by atoms with van der Waals surface area (Å²) in [7, 11) is 0. The standard InChI is InChI=1S/C25H14Cl3NO2S/c26-15-5-9-18(19(28)13-15)22-10-7-17(31-22)8-12-25(30)29-20-3-1-2-4-23(20)32-24-11-6-16(27)14-21(24)29/h1-14H/b12-8+. The van der Waals surface area contributed by atoms with E-state index in [2.05, 4.69) is 0 Å². The smallest absolute Gasteiger partial charge is 0.255 e. The van der Waals surface area contributed by atoms with Crippen LogP contribution in [-0.4, -0.2) is 5.91 Å². The Bertz CT molecular complexity index is 1380. The van der Waals surface area contributed by atoms with Gasteiger partial charge in [0.15, 0.2) is 0 Å². The zero-order valence-corrected chi connectivity index (χ0v) is 19.5. The summed E-state index contributed by atoms with van der Waals surface area (Å²) in [5, 5.41) is 1.62. The van der Waals surface area contributed by atoms with Crippen molar-refractivity contribution in [2.45, 2.75) is 9.79 Å². The van der Waals surface area contributed by atoms with Gasteiger partial charge in [-0.25, -0.2) is 0 Å². The Balaban J connectivity index is 1.46. The Morgan fingerprint density at radius 1 is 0.844 bits per heavy atom. The normalized spacial score (nSPS) is 12.7. The van der Waals surface area contributed by atoms with Crippen LogP contribution in [0.25, 0.3) is 17.4 Å². The summed E-state index contributed by atoms with van der Waals surface area (Å²) in [4.78, 5) is 16.9. The number of amides is 1. The predicted molar refractivity (Wildman–Crippen MR) is 132 cm³/mol. The average Bonchev–Trinajstić information content (AvgIpc) is 3.24. The van der Waals surface area contributed by atoms with E-state index in [1.54, 1.807) is 59.1 Å². The van der Waals surface area contributed by atoms with Crippen molar-refractivity contribution in [2.24, 2.45) is 0 Å². The fraction of sp³-hybridized carbons (Fsp3) is 0. The average molecular weight is 499 g/mol. The van der Waals surface area contributed by atoms with E-state index in [1.807, 2.05) is 36.4 Å². The molecule has 0 atom stereocenters. The molecule has 0 unspecified atom stereocenters. The van der Waals surface area contributed by atoms with Gasteiger partial charge in [-0.1, -0.05) is 58.7 Å². The van der Waals surface area contributed by atoms with E-state index in [0.29, 0.717) is 26.6 Å². The maximum absolute atomic E-state index is 13.3. The highest BCUT2D eigenvalue weighted by atomic mass is 35.5. The lowest BCUT2D eigenvalue weighted by atomic mass is 10.2. The first-order valence-corrected chi connectivity index (χ1v) is 11.6. The van der Waals surface area contributed by atoms with Gasteiger partial charge in [-0.15, -0.1) is 0 Å². The van der Waals surface area contributed by atoms with Gasteiger partial charge >= 0.3 is 0 Å². The van der Waals surface area contributed by atoms with Crippen molar-refractivity contribution in [1.29, 1.82) is 0 Å². The second kappa shape index (κ2) is 8.72. The van der Waals surface area contributed by atoms with Gasteiger partial charge in [0.25, 0.3) is 5.91 Å². The van der Waals surface area contributed by atoms with E-state index in [-0.39, 0.29) is 5.91 Å². The number of carbonyl (C=O) groups is 1. The van der Waals surface area contributed by atoms with Crippen molar-refractivity contribution in [3.63, 3.8) is 0 Å². The highest BCUT2D eigenvalue weighted by molar-refractivity contribution is 7.99. The van der Waals surface area contributed by atoms with Gasteiger partial charge < -0.3 is 4.42 Å². The number of benzene rings is 3. The lowest BCUT2D eigenvalue weighted by molar-refractivity contribution is -0.113. The van der Waals surface area contributed by atoms with Gasteiger partial charge in [0, 0.05) is 31.5 Å². The maximum atomic E-state index is 13.3. The summed E-state index contributed by atoms with van der Waals surface area (Å²) >= 11 is 20.1. The van der Waals surface area contributed by atoms with E-state index in [1.165, 1.54) is 6.08 Å². The number of anilines is 2. The third-order valence-corrected chi connectivity index (χ3v) is 6.84. The fourth-order valence-electron chi connectivity index (χ4n) is 3.47. The van der Waals surface area contributed by atoms with Crippen LogP contribution in [0.1, 0.15) is 5.76 Å². The van der Waals surface area contributed by atoms with Crippen molar-refractivity contribution in [1.82, 2.24) is 0 Å². The molecule has 0 bridgehead atoms. The molecule has 0 N–H and O–H groups in total. The molecule has 3 aromatic carbocycles. The van der Waals surface area contributed by atoms with E-state index in [9.17, 15) is 4.79 Å². The lowest BCUT2D eigenvalue weighted by Crippen LogP contribution is -2.26. The second-order valence-electron chi connectivity index (χ2n) is 7.01. The molecule has 1 aliphatic rings. The molecule has 0 spiro atoms. The summed E-state index contributed by atoms with van der Waals surface area (Å²) in [6, 6.07) is 22.1. The van der Waals surface area contributed by atoms with Crippen LogP contribution in [0.2, 0.25) is 15.1 Å². The number of carbonyl (C=O) groups excluding carboxylic acids is 1. The number of rotatable bonds is 3. The first kappa shape index (κ1) is 21.2. The zero-order chi connectivity index (χ0) is 22.2. The zero-order valence-electron chi connectivity index (χ0n) is 16.4. The largest absolute Gasteiger partial charge is 0.457 e. The quantitative estimate of drug-likeness (QED) is 0.265. The monoisotopic (exact) mass is 497 g/mol. The number of halogens is 3. The molecule has 0 fully saturated rings. The first-order chi connectivity index (χ1) is 15.5. The molecule has 32 heavy (non-hydrogen) atoms. The molecule has 3 nitrogen and oxygen atoms in total. The van der Waals surface area contributed by atoms with Crippen LogP contribution in [0, 0.1) is 0 Å². The molecule has 158 valence electrons. The highest BCUT2D eigenvalue weighted by Crippen LogP contribution is 2.48. The van der Waals surface area contributed by atoms with Crippen LogP contribution < -0.4 is 4.90 Å². The Hall–Kier alpha value is -2.63. The summed E-state index contributed by atoms with van der Waals surface area (Å²) < 4.78 is 5.88. The van der Waals surface area contributed by atoms with Gasteiger partial charge in [0.1, 0.15) is 11.5 Å². The van der Waals surface area contributed by atoms with Crippen LogP contribution in [0.5, 0.6) is 0 Å². The van der Waals surface area contributed by atoms with Crippen molar-refractivity contribution in [3.8, 4) is 11.3 Å². The molecule has 0 radical (unpaired) electrons. The molecular weight excluding hydrogens is 485 g/mol. The third kappa shape index (κ3) is 4.07. The summed E-state index contributed by atoms with van der Waals surface area (Å²) in [6.45, 7) is 0. The number of nitrogens with zero attached hydrogens (tertiary/aromatic N) is 1. The molecule has 1 aromatic heterocycles. The minimum Gasteiger partial charge on any atom is -0.457 e. The van der Waals surface area contributed by atoms with Gasteiger partial charge in [-0.2, -0.15) is 0 Å². The molecule has 7 heteroatoms. The molecule has 4 aromatic rings. The lowest BCUT2D eigenvalue weighted by Gasteiger charge is -2.30. The minimum absolute atomic E-state index is 0.205. The Labute approximate surface area is 204 Å². The Kier molecular flexibility index (Phi) is 5.78. The fourth-order valence-corrected chi connectivity index (χ4v) is 5.18. The van der Waals surface area contributed by atoms with E-state index >= 15 is 0 Å². The predicted octanol–water partition coefficient (Wildman–Crippen LogP) is 8.75. The van der Waals surface area contributed by atoms with Crippen LogP contribution in [0.3, 0.4) is 0 Å². The van der Waals surface area contributed by atoms with Gasteiger partial charge in [0.05, 0.1) is 16.4 Å². The molecule has 0 saturated carbocycles. The number of furan rings is 1. The first-order valence-electron chi connectivity index (χ1n) is 9.63. The number of hydrogen-bond donors (Lipinski definition) is 0. The highest BCUT2D eigenvalue weighted by Gasteiger charge is 2.27. The Morgan fingerprint density at radius 2 is 1.59 bits per heavy atom. The number of fused-ring (bicyclic) bond motifs is 2. The molecule has 0 saturated heterocycles. The van der Waals surface area contributed by atoms with Gasteiger partial charge in [-0.05, 0) is 66.7 Å². The van der Waals surface area contributed by atoms with Gasteiger partial charge in [-0.3, -0.25) is 9.69 Å². The van der Waals surface area contributed by atoms with Crippen molar-refractivity contribution in [3.05, 3.63) is 99.7 Å². The molecule has 0 aliphatic carbocycles. The number of para-hydroxylation sites is 1. The summed E-state index contributed by atoms with van der Waals surface area (Å²) in [5.74, 6) is 0.921. The molecule has 1 amide bonds. The SMILES string of the molecule is O=C(/C=C/c1ccc(-c2ccc(Cl)cc2Cl)o1)N1c2ccccc2Sc2ccc(Cl)cc21. The van der Waals surface area contributed by atoms with Crippen LogP contribution in [0.4, 0.5) is 11.4 Å². The van der Waals surface area contributed by atoms with Crippen molar-refractivity contribution >= 4 is 69.9 Å². The van der Waals surface area contributed by atoms with Crippen molar-refractivity contribution in [2.75, 3.05) is 4.90 Å². The van der Waals surface area contributed by atoms with Gasteiger partial charge in [0.2, 0.25) is 0 Å². The number of hydrogen-bond acceptors (Lipinski definition) is 3. The minimum atomic E-state index is -0.205. The molecule has 1 aliphatic heterocycles. The summed E-state index contributed by atoms with van der Waals surface area (Å²) in [5.41, 5.74) is 2.30. The van der Waals surface area contributed by atoms with E-state index in [4.69, 9.17) is 39.2 Å². The summed E-state index contributed by atoms with van der Waals surface area (Å²) in [6.07, 6.45) is 3.13. The van der Waals surface area contributed by atoms with E-state index in [0.717, 1.165) is 26.7 Å². The second-order valence-corrected chi connectivity index (χ2v) is 9.38.